The molecule has 1 aromatic rings. The van der Waals surface area contributed by atoms with Gasteiger partial charge in [-0.1, -0.05) is 6.07 Å². The van der Waals surface area contributed by atoms with Gasteiger partial charge < -0.3 is 4.74 Å². The monoisotopic (exact) mass is 212 g/mol. The summed E-state index contributed by atoms with van der Waals surface area (Å²) < 4.78 is 5.18. The Labute approximate surface area is 86.6 Å². The highest BCUT2D eigenvalue weighted by Gasteiger charge is 2.12. The molecule has 0 radical (unpaired) electrons. The highest BCUT2D eigenvalue weighted by Crippen LogP contribution is 2.21. The van der Waals surface area contributed by atoms with E-state index in [9.17, 15) is 9.59 Å². The molecule has 4 heteroatoms. The van der Waals surface area contributed by atoms with E-state index in [2.05, 4.69) is 0 Å². The summed E-state index contributed by atoms with van der Waals surface area (Å²) in [5.41, 5.74) is 0.377. The number of carbonyl (C=O) groups is 2. The molecule has 0 aromatic heterocycles. The number of carbonyl (C=O) groups excluding carboxylic acids is 2. The summed E-state index contributed by atoms with van der Waals surface area (Å²) >= 11 is 5.31. The maximum absolute atomic E-state index is 10.9. The third kappa shape index (κ3) is 2.12. The van der Waals surface area contributed by atoms with E-state index in [1.54, 1.807) is 19.1 Å². The van der Waals surface area contributed by atoms with Crippen molar-refractivity contribution in [2.75, 3.05) is 6.61 Å². The second kappa shape index (κ2) is 4.77. The summed E-state index contributed by atoms with van der Waals surface area (Å²) in [6, 6.07) is 4.73. The van der Waals surface area contributed by atoms with Crippen molar-refractivity contribution in [2.45, 2.75) is 6.92 Å². The molecule has 0 unspecified atom stereocenters. The van der Waals surface area contributed by atoms with Gasteiger partial charge in [0.05, 0.1) is 12.2 Å². The Kier molecular flexibility index (Phi) is 3.65. The van der Waals surface area contributed by atoms with Gasteiger partial charge in [0.25, 0.3) is 5.24 Å². The third-order valence-corrected chi connectivity index (χ3v) is 1.90. The molecule has 0 heterocycles. The fraction of sp³-hybridized carbons (Fsp3) is 0.200. The molecule has 1 aromatic carbocycles. The van der Waals surface area contributed by atoms with Crippen LogP contribution in [0.4, 0.5) is 0 Å². The molecule has 3 nitrogen and oxygen atoms in total. The van der Waals surface area contributed by atoms with E-state index in [0.717, 1.165) is 0 Å². The molecule has 0 bridgehead atoms. The van der Waals surface area contributed by atoms with Gasteiger partial charge in [0, 0.05) is 5.56 Å². The maximum atomic E-state index is 10.9. The summed E-state index contributed by atoms with van der Waals surface area (Å²) in [7, 11) is 0. The molecule has 0 aliphatic heterocycles. The smallest absolute Gasteiger partial charge is 0.253 e. The Balaban J connectivity index is 3.24. The number of hydrogen-bond donors (Lipinski definition) is 0. The van der Waals surface area contributed by atoms with Gasteiger partial charge >= 0.3 is 0 Å². The zero-order chi connectivity index (χ0) is 10.6. The number of hydrogen-bond acceptors (Lipinski definition) is 3. The Morgan fingerprint density at radius 2 is 2.29 bits per heavy atom. The SMILES string of the molecule is CCOc1cccc(C(=O)Cl)c1C=O. The third-order valence-electron chi connectivity index (χ3n) is 1.70. The lowest BCUT2D eigenvalue weighted by Crippen LogP contribution is -2.01. The van der Waals surface area contributed by atoms with Crippen LogP contribution in [0.1, 0.15) is 27.6 Å². The zero-order valence-electron chi connectivity index (χ0n) is 7.62. The molecule has 0 amide bonds. The molecule has 0 fully saturated rings. The first-order valence-corrected chi connectivity index (χ1v) is 4.49. The molecule has 0 saturated heterocycles. The quantitative estimate of drug-likeness (QED) is 0.568. The molecule has 0 N–H and O–H groups in total. The number of benzene rings is 1. The van der Waals surface area contributed by atoms with Crippen molar-refractivity contribution in [1.29, 1.82) is 0 Å². The van der Waals surface area contributed by atoms with Gasteiger partial charge in [-0.3, -0.25) is 9.59 Å². The largest absolute Gasteiger partial charge is 0.493 e. The minimum Gasteiger partial charge on any atom is -0.493 e. The first-order chi connectivity index (χ1) is 6.70. The van der Waals surface area contributed by atoms with Gasteiger partial charge in [0.15, 0.2) is 6.29 Å². The predicted octanol–water partition coefficient (Wildman–Crippen LogP) is 2.28. The standard InChI is InChI=1S/C10H9ClO3/c1-2-14-9-5-3-4-7(10(11)13)8(9)6-12/h3-6H,2H2,1H3. The highest BCUT2D eigenvalue weighted by atomic mass is 35.5. The summed E-state index contributed by atoms with van der Waals surface area (Å²) in [6.07, 6.45) is 0.570. The van der Waals surface area contributed by atoms with Crippen LogP contribution < -0.4 is 4.74 Å². The minimum absolute atomic E-state index is 0.174. The first kappa shape index (κ1) is 10.7. The van der Waals surface area contributed by atoms with Crippen LogP contribution in [-0.2, 0) is 0 Å². The van der Waals surface area contributed by atoms with Crippen molar-refractivity contribution in [3.63, 3.8) is 0 Å². The van der Waals surface area contributed by atoms with Crippen LogP contribution in [0, 0.1) is 0 Å². The molecular weight excluding hydrogens is 204 g/mol. The lowest BCUT2D eigenvalue weighted by atomic mass is 10.1. The van der Waals surface area contributed by atoms with Crippen molar-refractivity contribution in [3.05, 3.63) is 29.3 Å². The molecule has 0 saturated carbocycles. The van der Waals surface area contributed by atoms with Gasteiger partial charge in [-0.05, 0) is 30.7 Å². The number of aldehydes is 1. The van der Waals surface area contributed by atoms with Gasteiger partial charge in [-0.15, -0.1) is 0 Å². The number of ether oxygens (including phenoxy) is 1. The Bertz CT molecular complexity index is 360. The molecule has 0 aliphatic carbocycles. The first-order valence-electron chi connectivity index (χ1n) is 4.11. The van der Waals surface area contributed by atoms with Crippen molar-refractivity contribution < 1.29 is 14.3 Å². The van der Waals surface area contributed by atoms with Gasteiger partial charge in [-0.2, -0.15) is 0 Å². The topological polar surface area (TPSA) is 43.4 Å². The number of rotatable bonds is 4. The lowest BCUT2D eigenvalue weighted by Gasteiger charge is -2.07. The van der Waals surface area contributed by atoms with Crippen molar-refractivity contribution in [3.8, 4) is 5.75 Å². The van der Waals surface area contributed by atoms with E-state index < -0.39 is 5.24 Å². The Morgan fingerprint density at radius 3 is 2.79 bits per heavy atom. The average Bonchev–Trinajstić information content (AvgIpc) is 2.18. The fourth-order valence-corrected chi connectivity index (χ4v) is 1.28. The Morgan fingerprint density at radius 1 is 1.57 bits per heavy atom. The number of halogens is 1. The van der Waals surface area contributed by atoms with Crippen LogP contribution >= 0.6 is 11.6 Å². The molecule has 0 spiro atoms. The lowest BCUT2D eigenvalue weighted by molar-refractivity contribution is 0.106. The second-order valence-corrected chi connectivity index (χ2v) is 2.89. The molecule has 14 heavy (non-hydrogen) atoms. The molecule has 0 atom stereocenters. The van der Waals surface area contributed by atoms with E-state index in [1.165, 1.54) is 6.07 Å². The van der Waals surface area contributed by atoms with Crippen molar-refractivity contribution in [2.24, 2.45) is 0 Å². The van der Waals surface area contributed by atoms with Crippen LogP contribution in [0.15, 0.2) is 18.2 Å². The van der Waals surface area contributed by atoms with Crippen molar-refractivity contribution in [1.82, 2.24) is 0 Å². The maximum Gasteiger partial charge on any atom is 0.253 e. The highest BCUT2D eigenvalue weighted by molar-refractivity contribution is 6.68. The van der Waals surface area contributed by atoms with E-state index in [0.29, 0.717) is 18.6 Å². The predicted molar refractivity (Wildman–Crippen MR) is 53.2 cm³/mol. The van der Waals surface area contributed by atoms with Crippen LogP contribution in [-0.4, -0.2) is 18.1 Å². The van der Waals surface area contributed by atoms with E-state index >= 15 is 0 Å². The molecule has 74 valence electrons. The van der Waals surface area contributed by atoms with Crippen molar-refractivity contribution >= 4 is 23.1 Å². The van der Waals surface area contributed by atoms with Gasteiger partial charge in [-0.25, -0.2) is 0 Å². The van der Waals surface area contributed by atoms with E-state index in [1.807, 2.05) is 0 Å². The zero-order valence-corrected chi connectivity index (χ0v) is 8.38. The van der Waals surface area contributed by atoms with E-state index in [-0.39, 0.29) is 11.1 Å². The summed E-state index contributed by atoms with van der Waals surface area (Å²) in [5.74, 6) is 0.383. The van der Waals surface area contributed by atoms with Crippen LogP contribution in [0.2, 0.25) is 0 Å². The summed E-state index contributed by atoms with van der Waals surface area (Å²) in [4.78, 5) is 21.7. The molecular formula is C10H9ClO3. The van der Waals surface area contributed by atoms with Crippen LogP contribution in [0.3, 0.4) is 0 Å². The second-order valence-electron chi connectivity index (χ2n) is 2.54. The molecule has 1 rings (SSSR count). The van der Waals surface area contributed by atoms with Gasteiger partial charge in [0.2, 0.25) is 0 Å². The van der Waals surface area contributed by atoms with E-state index in [4.69, 9.17) is 16.3 Å². The fourth-order valence-electron chi connectivity index (χ4n) is 1.12. The Hall–Kier alpha value is -1.35. The molecule has 0 aliphatic rings. The summed E-state index contributed by atoms with van der Waals surface area (Å²) in [5, 5.41) is -0.659. The average molecular weight is 213 g/mol. The van der Waals surface area contributed by atoms with Crippen LogP contribution in [0.5, 0.6) is 5.75 Å². The van der Waals surface area contributed by atoms with Gasteiger partial charge in [0.1, 0.15) is 5.75 Å². The normalized spacial score (nSPS) is 9.57. The summed E-state index contributed by atoms with van der Waals surface area (Å²) in [6.45, 7) is 2.23. The van der Waals surface area contributed by atoms with Crippen LogP contribution in [0.25, 0.3) is 0 Å². The minimum atomic E-state index is -0.659.